The van der Waals surface area contributed by atoms with Gasteiger partial charge in [-0.15, -0.1) is 0 Å². The van der Waals surface area contributed by atoms with Gasteiger partial charge in [0.05, 0.1) is 13.2 Å². The van der Waals surface area contributed by atoms with E-state index < -0.39 is 25.1 Å². The maximum Gasteiger partial charge on any atom is 0.416 e. The second-order valence-electron chi connectivity index (χ2n) is 4.65. The largest absolute Gasteiger partial charge is 0.416 e. The zero-order chi connectivity index (χ0) is 17.0. The molecule has 10 heteroatoms. The molecular formula is C13H11Cl2F4N3O. The van der Waals surface area contributed by atoms with Gasteiger partial charge in [-0.2, -0.15) is 13.9 Å². The molecule has 23 heavy (non-hydrogen) atoms. The standard InChI is InChI=1S/C13H11Cl2F4N3O/c14-9-1-2-10(11(15)3-9)8(4-22-7-20-6-21-22)5-23-13(18,19)12(16)17/h1-3,6-8,12H,4-5H2/t8-/m1/s1. The number of rotatable bonds is 7. The van der Waals surface area contributed by atoms with Gasteiger partial charge in [-0.3, -0.25) is 4.68 Å². The van der Waals surface area contributed by atoms with Crippen LogP contribution in [0, 0.1) is 0 Å². The second kappa shape index (κ2) is 7.46. The molecule has 1 heterocycles. The van der Waals surface area contributed by atoms with Crippen LogP contribution in [0.4, 0.5) is 17.6 Å². The molecule has 0 spiro atoms. The minimum atomic E-state index is -4.54. The summed E-state index contributed by atoms with van der Waals surface area (Å²) < 4.78 is 55.9. The Kier molecular flexibility index (Phi) is 5.83. The Morgan fingerprint density at radius 2 is 2.00 bits per heavy atom. The van der Waals surface area contributed by atoms with E-state index >= 15 is 0 Å². The molecule has 0 aliphatic rings. The van der Waals surface area contributed by atoms with Gasteiger partial charge in [0, 0.05) is 16.0 Å². The lowest BCUT2D eigenvalue weighted by atomic mass is 10.00. The van der Waals surface area contributed by atoms with Crippen LogP contribution in [-0.2, 0) is 11.3 Å². The van der Waals surface area contributed by atoms with E-state index in [2.05, 4.69) is 14.8 Å². The van der Waals surface area contributed by atoms with Crippen LogP contribution >= 0.6 is 23.2 Å². The third-order valence-corrected chi connectivity index (χ3v) is 3.57. The van der Waals surface area contributed by atoms with Gasteiger partial charge >= 0.3 is 12.5 Å². The first-order valence-corrected chi connectivity index (χ1v) is 7.12. The predicted molar refractivity (Wildman–Crippen MR) is 76.1 cm³/mol. The summed E-state index contributed by atoms with van der Waals surface area (Å²) in [5.41, 5.74) is 0.427. The van der Waals surface area contributed by atoms with Gasteiger partial charge in [0.25, 0.3) is 0 Å². The lowest BCUT2D eigenvalue weighted by Crippen LogP contribution is -2.32. The van der Waals surface area contributed by atoms with Gasteiger partial charge in [0.2, 0.25) is 0 Å². The first-order chi connectivity index (χ1) is 10.8. The Bertz CT molecular complexity index is 640. The first-order valence-electron chi connectivity index (χ1n) is 6.37. The molecule has 2 rings (SSSR count). The van der Waals surface area contributed by atoms with Crippen molar-refractivity contribution in [3.63, 3.8) is 0 Å². The van der Waals surface area contributed by atoms with Gasteiger partial charge in [0.15, 0.2) is 0 Å². The molecule has 0 aliphatic heterocycles. The highest BCUT2D eigenvalue weighted by atomic mass is 35.5. The summed E-state index contributed by atoms with van der Waals surface area (Å²) in [6, 6.07) is 4.47. The Morgan fingerprint density at radius 1 is 1.26 bits per heavy atom. The number of ether oxygens (including phenoxy) is 1. The zero-order valence-corrected chi connectivity index (χ0v) is 13.0. The number of nitrogens with zero attached hydrogens (tertiary/aromatic N) is 3. The number of halogens is 6. The first kappa shape index (κ1) is 18.0. The second-order valence-corrected chi connectivity index (χ2v) is 5.50. The predicted octanol–water partition coefficient (Wildman–Crippen LogP) is 4.24. The summed E-state index contributed by atoms with van der Waals surface area (Å²) >= 11 is 11.8. The average molecular weight is 372 g/mol. The zero-order valence-electron chi connectivity index (χ0n) is 11.5. The lowest BCUT2D eigenvalue weighted by molar-refractivity contribution is -0.302. The van der Waals surface area contributed by atoms with Gasteiger partial charge in [0.1, 0.15) is 12.7 Å². The van der Waals surface area contributed by atoms with Crippen molar-refractivity contribution in [2.75, 3.05) is 6.61 Å². The molecule has 0 unspecified atom stereocenters. The van der Waals surface area contributed by atoms with Crippen molar-refractivity contribution in [1.29, 1.82) is 0 Å². The Hall–Kier alpha value is -1.38. The van der Waals surface area contributed by atoms with Crippen molar-refractivity contribution >= 4 is 23.2 Å². The summed E-state index contributed by atoms with van der Waals surface area (Å²) in [6.45, 7) is -0.612. The number of hydrogen-bond donors (Lipinski definition) is 0. The molecule has 1 atom stereocenters. The maximum atomic E-state index is 13.0. The van der Waals surface area contributed by atoms with Gasteiger partial charge in [-0.25, -0.2) is 13.8 Å². The third kappa shape index (κ3) is 4.79. The molecule has 0 aliphatic carbocycles. The van der Waals surface area contributed by atoms with E-state index in [0.717, 1.165) is 0 Å². The van der Waals surface area contributed by atoms with Crippen LogP contribution in [0.2, 0.25) is 10.0 Å². The van der Waals surface area contributed by atoms with E-state index in [-0.39, 0.29) is 11.6 Å². The van der Waals surface area contributed by atoms with Crippen LogP contribution in [0.25, 0.3) is 0 Å². The highest BCUT2D eigenvalue weighted by molar-refractivity contribution is 6.35. The van der Waals surface area contributed by atoms with Crippen LogP contribution in [0.3, 0.4) is 0 Å². The van der Waals surface area contributed by atoms with Crippen LogP contribution in [-0.4, -0.2) is 33.9 Å². The van der Waals surface area contributed by atoms with Gasteiger partial charge in [-0.1, -0.05) is 29.3 Å². The van der Waals surface area contributed by atoms with Gasteiger partial charge < -0.3 is 4.74 Å². The van der Waals surface area contributed by atoms with Gasteiger partial charge in [-0.05, 0) is 17.7 Å². The molecule has 4 nitrogen and oxygen atoms in total. The number of alkyl halides is 4. The molecule has 0 fully saturated rings. The van der Waals surface area contributed by atoms with Crippen LogP contribution in [0.5, 0.6) is 0 Å². The lowest BCUT2D eigenvalue weighted by Gasteiger charge is -2.22. The molecule has 0 bridgehead atoms. The maximum absolute atomic E-state index is 13.0. The molecule has 0 radical (unpaired) electrons. The summed E-state index contributed by atoms with van der Waals surface area (Å²) in [4.78, 5) is 3.73. The molecule has 0 amide bonds. The van der Waals surface area contributed by atoms with E-state index in [1.807, 2.05) is 0 Å². The smallest absolute Gasteiger partial charge is 0.315 e. The van der Waals surface area contributed by atoms with Crippen molar-refractivity contribution < 1.29 is 22.3 Å². The molecule has 2 aromatic rings. The van der Waals surface area contributed by atoms with Crippen molar-refractivity contribution in [2.45, 2.75) is 25.0 Å². The Labute approximate surface area is 139 Å². The minimum absolute atomic E-state index is 0.0701. The number of benzene rings is 1. The van der Waals surface area contributed by atoms with E-state index in [1.54, 1.807) is 0 Å². The highest BCUT2D eigenvalue weighted by Gasteiger charge is 2.43. The fourth-order valence-electron chi connectivity index (χ4n) is 1.90. The fraction of sp³-hybridized carbons (Fsp3) is 0.385. The van der Waals surface area contributed by atoms with Crippen molar-refractivity contribution in [3.05, 3.63) is 46.5 Å². The van der Waals surface area contributed by atoms with E-state index in [9.17, 15) is 17.6 Å². The third-order valence-electron chi connectivity index (χ3n) is 3.01. The topological polar surface area (TPSA) is 39.9 Å². The van der Waals surface area contributed by atoms with E-state index in [1.165, 1.54) is 35.5 Å². The van der Waals surface area contributed by atoms with Crippen molar-refractivity contribution in [2.24, 2.45) is 0 Å². The minimum Gasteiger partial charge on any atom is -0.315 e. The normalized spacial score (nSPS) is 13.5. The molecule has 1 aromatic carbocycles. The van der Waals surface area contributed by atoms with Crippen molar-refractivity contribution in [3.8, 4) is 0 Å². The quantitative estimate of drug-likeness (QED) is 0.683. The highest BCUT2D eigenvalue weighted by Crippen LogP contribution is 2.32. The van der Waals surface area contributed by atoms with E-state index in [0.29, 0.717) is 10.6 Å². The molecule has 1 aromatic heterocycles. The van der Waals surface area contributed by atoms with E-state index in [4.69, 9.17) is 23.2 Å². The van der Waals surface area contributed by atoms with Crippen LogP contribution < -0.4 is 0 Å². The fourth-order valence-corrected chi connectivity index (χ4v) is 2.46. The molecule has 126 valence electrons. The summed E-state index contributed by atoms with van der Waals surface area (Å²) in [5.74, 6) is -0.744. The molecule has 0 N–H and O–H groups in total. The summed E-state index contributed by atoms with van der Waals surface area (Å²) in [6.07, 6.45) is -5.84. The molecular weight excluding hydrogens is 361 g/mol. The monoisotopic (exact) mass is 371 g/mol. The SMILES string of the molecule is FC(F)C(F)(F)OC[C@@H](Cn1cncn1)c1ccc(Cl)cc1Cl. The summed E-state index contributed by atoms with van der Waals surface area (Å²) in [5, 5.41) is 4.43. The summed E-state index contributed by atoms with van der Waals surface area (Å²) in [7, 11) is 0. The van der Waals surface area contributed by atoms with Crippen molar-refractivity contribution in [1.82, 2.24) is 14.8 Å². The average Bonchev–Trinajstić information content (AvgIpc) is 2.96. The Morgan fingerprint density at radius 3 is 2.57 bits per heavy atom. The molecule has 0 saturated carbocycles. The number of hydrogen-bond acceptors (Lipinski definition) is 3. The van der Waals surface area contributed by atoms with Crippen LogP contribution in [0.1, 0.15) is 11.5 Å². The van der Waals surface area contributed by atoms with Crippen LogP contribution in [0.15, 0.2) is 30.9 Å². The Balaban J connectivity index is 2.21. The molecule has 0 saturated heterocycles. The number of aromatic nitrogens is 3.